The molecule has 5 N–H and O–H groups in total. The Kier molecular flexibility index (Phi) is 7.01. The summed E-state index contributed by atoms with van der Waals surface area (Å²) in [5.41, 5.74) is 4.47. The molecule has 11 heteroatoms. The number of primary amides is 1. The highest BCUT2D eigenvalue weighted by Gasteiger charge is 2.70. The lowest BCUT2D eigenvalue weighted by Crippen LogP contribution is -2.75. The third-order valence-corrected chi connectivity index (χ3v) is 8.91. The molecule has 0 bridgehead atoms. The number of nitrogens with one attached hydrogen (secondary N) is 1. The van der Waals surface area contributed by atoms with Gasteiger partial charge in [0.05, 0.1) is 31.2 Å². The summed E-state index contributed by atoms with van der Waals surface area (Å²) in [4.78, 5) is 67.7. The molecule has 5 rings (SSSR count). The summed E-state index contributed by atoms with van der Waals surface area (Å²) < 4.78 is 11.3. The second kappa shape index (κ2) is 10.1. The van der Waals surface area contributed by atoms with Gasteiger partial charge in [-0.3, -0.25) is 24.0 Å². The number of amides is 1. The molecule has 0 aromatic heterocycles. The van der Waals surface area contributed by atoms with Gasteiger partial charge in [0.25, 0.3) is 0 Å². The largest absolute Gasteiger partial charge is 0.507 e. The van der Waals surface area contributed by atoms with Crippen molar-refractivity contribution in [2.75, 3.05) is 27.4 Å². The van der Waals surface area contributed by atoms with Gasteiger partial charge in [0.15, 0.2) is 34.7 Å². The van der Waals surface area contributed by atoms with Crippen LogP contribution in [0, 0.1) is 23.7 Å². The van der Waals surface area contributed by atoms with Crippen LogP contribution in [0.3, 0.4) is 0 Å². The number of aryl methyl sites for hydroxylation is 1. The van der Waals surface area contributed by atoms with Gasteiger partial charge in [0.1, 0.15) is 11.5 Å². The number of Topliss-reactive ketones (excluding diaryl/α,β-unsaturated/α-hetero) is 4. The Morgan fingerprint density at radius 2 is 1.88 bits per heavy atom. The molecule has 2 fully saturated rings. The number of phenolic OH excluding ortho intramolecular Hbond substituents is 1. The first-order chi connectivity index (χ1) is 19.1. The van der Waals surface area contributed by atoms with Gasteiger partial charge in [-0.15, -0.1) is 0 Å². The quantitative estimate of drug-likeness (QED) is 0.348. The lowest BCUT2D eigenvalue weighted by molar-refractivity contribution is -0.183. The Morgan fingerprint density at radius 1 is 1.15 bits per heavy atom. The van der Waals surface area contributed by atoms with Crippen LogP contribution in [0.15, 0.2) is 18.2 Å². The first-order valence-electron chi connectivity index (χ1n) is 13.3. The van der Waals surface area contributed by atoms with Gasteiger partial charge in [-0.2, -0.15) is 0 Å². The number of hydrogen-bond donors (Lipinski definition) is 4. The number of nitrogens with two attached hydrogens (primary N) is 1. The van der Waals surface area contributed by atoms with Crippen molar-refractivity contribution in [1.29, 1.82) is 0 Å². The summed E-state index contributed by atoms with van der Waals surface area (Å²) in [5.74, 6) is -9.55. The Balaban J connectivity index is 1.71. The lowest BCUT2D eigenvalue weighted by Gasteiger charge is -2.53. The van der Waals surface area contributed by atoms with Crippen LogP contribution in [-0.4, -0.2) is 78.3 Å². The minimum Gasteiger partial charge on any atom is -0.507 e. The maximum Gasteiger partial charge on any atom is 0.235 e. The van der Waals surface area contributed by atoms with Crippen molar-refractivity contribution < 1.29 is 43.7 Å². The van der Waals surface area contributed by atoms with Crippen molar-refractivity contribution in [3.63, 3.8) is 0 Å². The Labute approximate surface area is 230 Å². The molecule has 212 valence electrons. The molecule has 40 heavy (non-hydrogen) atoms. The van der Waals surface area contributed by atoms with E-state index in [-0.39, 0.29) is 37.3 Å². The lowest BCUT2D eigenvalue weighted by atomic mass is 9.52. The van der Waals surface area contributed by atoms with E-state index in [2.05, 4.69) is 5.32 Å². The number of ether oxygens (including phenoxy) is 2. The minimum atomic E-state index is -2.29. The average molecular weight is 553 g/mol. The molecule has 11 nitrogen and oxygen atoms in total. The molecule has 2 aromatic carbocycles. The topological polar surface area (TPSA) is 182 Å². The van der Waals surface area contributed by atoms with Gasteiger partial charge in [-0.05, 0) is 36.8 Å². The van der Waals surface area contributed by atoms with Crippen molar-refractivity contribution in [3.8, 4) is 11.5 Å². The van der Waals surface area contributed by atoms with Gasteiger partial charge >= 0.3 is 0 Å². The molecule has 3 aliphatic carbocycles. The van der Waals surface area contributed by atoms with E-state index >= 15 is 0 Å². The van der Waals surface area contributed by atoms with Gasteiger partial charge in [-0.25, -0.2) is 0 Å². The fourth-order valence-electron chi connectivity index (χ4n) is 7.14. The number of aliphatic hydroxyl groups excluding tert-OH is 1. The summed E-state index contributed by atoms with van der Waals surface area (Å²) >= 11 is 0. The predicted octanol–water partition coefficient (Wildman–Crippen LogP) is 0.266. The molecule has 0 heterocycles. The van der Waals surface area contributed by atoms with Crippen LogP contribution >= 0.6 is 0 Å². The molecular formula is C29H32N2O9. The highest BCUT2D eigenvalue weighted by Crippen LogP contribution is 2.53. The number of hydrogen-bond acceptors (Lipinski definition) is 10. The smallest absolute Gasteiger partial charge is 0.235 e. The highest BCUT2D eigenvalue weighted by molar-refractivity contribution is 6.32. The molecule has 2 aromatic rings. The second-order valence-electron chi connectivity index (χ2n) is 10.7. The third kappa shape index (κ3) is 3.64. The van der Waals surface area contributed by atoms with Crippen molar-refractivity contribution in [2.24, 2.45) is 29.4 Å². The normalized spacial score (nSPS) is 29.6. The molecule has 1 amide bonds. The van der Waals surface area contributed by atoms with Gasteiger partial charge in [0, 0.05) is 35.9 Å². The van der Waals surface area contributed by atoms with Crippen LogP contribution in [-0.2, 0) is 36.8 Å². The van der Waals surface area contributed by atoms with E-state index in [4.69, 9.17) is 15.2 Å². The van der Waals surface area contributed by atoms with Crippen LogP contribution < -0.4 is 15.8 Å². The third-order valence-electron chi connectivity index (χ3n) is 8.91. The zero-order valence-electron chi connectivity index (χ0n) is 22.5. The van der Waals surface area contributed by atoms with Crippen LogP contribution in [0.4, 0.5) is 0 Å². The number of aliphatic hydroxyl groups is 1. The zero-order valence-corrected chi connectivity index (χ0v) is 22.5. The monoisotopic (exact) mass is 552 g/mol. The Bertz CT molecular complexity index is 1470. The van der Waals surface area contributed by atoms with Crippen LogP contribution in [0.5, 0.6) is 11.5 Å². The second-order valence-corrected chi connectivity index (χ2v) is 10.7. The molecule has 0 radical (unpaired) electrons. The standard InChI is InChI=1S/C29H32N2O9/c1-4-12-5-6-14-15(9-12)22(33)19-16(25(14)39-2)10-13-11-17-21(31-7-8-32)24(35)20(28(30)38)27(37)29(17,40-3)26(36)18(13)23(19)34/h5-6,9,13,17-18,20-21,31-33H,4,7-8,10-11H2,1-3H3,(H2,30,38). The number of carbonyl (C=O) groups excluding carboxylic acids is 5. The van der Waals surface area contributed by atoms with Gasteiger partial charge in [-0.1, -0.05) is 19.1 Å². The number of ketones is 4. The van der Waals surface area contributed by atoms with Crippen molar-refractivity contribution in [3.05, 3.63) is 34.9 Å². The predicted molar refractivity (Wildman–Crippen MR) is 141 cm³/mol. The van der Waals surface area contributed by atoms with Crippen molar-refractivity contribution in [2.45, 2.75) is 37.8 Å². The van der Waals surface area contributed by atoms with E-state index in [1.165, 1.54) is 7.11 Å². The molecule has 3 aliphatic rings. The van der Waals surface area contributed by atoms with E-state index in [0.717, 1.165) is 12.7 Å². The highest BCUT2D eigenvalue weighted by atomic mass is 16.5. The summed E-state index contributed by atoms with van der Waals surface area (Å²) in [7, 11) is 2.59. The van der Waals surface area contributed by atoms with Gasteiger partial charge < -0.3 is 30.7 Å². The number of benzene rings is 2. The number of fused-ring (bicyclic) bond motifs is 4. The molecule has 6 atom stereocenters. The van der Waals surface area contributed by atoms with E-state index in [9.17, 15) is 34.2 Å². The number of methoxy groups -OCH3 is 2. The fraction of sp³-hybridized carbons (Fsp3) is 0.483. The van der Waals surface area contributed by atoms with Crippen molar-refractivity contribution >= 4 is 39.8 Å². The molecule has 0 saturated heterocycles. The van der Waals surface area contributed by atoms with Crippen molar-refractivity contribution in [1.82, 2.24) is 5.32 Å². The molecular weight excluding hydrogens is 520 g/mol. The molecule has 0 aliphatic heterocycles. The number of aromatic hydroxyl groups is 1. The maximum atomic E-state index is 14.3. The molecule has 2 saturated carbocycles. The summed E-state index contributed by atoms with van der Waals surface area (Å²) in [5, 5.41) is 24.6. The fourth-order valence-corrected chi connectivity index (χ4v) is 7.14. The summed E-state index contributed by atoms with van der Waals surface area (Å²) in [6.45, 7) is 1.56. The van der Waals surface area contributed by atoms with E-state index < -0.39 is 64.4 Å². The number of carbonyl (C=O) groups is 5. The zero-order chi connectivity index (χ0) is 29.1. The van der Waals surface area contributed by atoms with Crippen LogP contribution in [0.2, 0.25) is 0 Å². The SMILES string of the molecule is CCc1ccc2c(OC)c3c(c(O)c2c1)C(=O)C1C(=O)C2(OC)C(=O)C(C(N)=O)C(=O)C(NCCO)C2CC1C3. The molecule has 0 spiro atoms. The number of phenols is 1. The van der Waals surface area contributed by atoms with Crippen LogP contribution in [0.1, 0.15) is 34.8 Å². The first kappa shape index (κ1) is 27.9. The minimum absolute atomic E-state index is 0.0399. The maximum absolute atomic E-state index is 14.3. The number of rotatable bonds is 7. The van der Waals surface area contributed by atoms with Crippen LogP contribution in [0.25, 0.3) is 10.8 Å². The first-order valence-corrected chi connectivity index (χ1v) is 13.3. The average Bonchev–Trinajstić information content (AvgIpc) is 2.93. The molecule has 6 unspecified atom stereocenters. The van der Waals surface area contributed by atoms with E-state index in [1.807, 2.05) is 19.1 Å². The Hall–Kier alpha value is -3.67. The summed E-state index contributed by atoms with van der Waals surface area (Å²) in [6, 6.07) is 4.30. The van der Waals surface area contributed by atoms with E-state index in [1.54, 1.807) is 6.07 Å². The van der Waals surface area contributed by atoms with Gasteiger partial charge in [0.2, 0.25) is 5.91 Å². The Morgan fingerprint density at radius 3 is 2.48 bits per heavy atom. The summed E-state index contributed by atoms with van der Waals surface area (Å²) in [6.07, 6.45) is 0.888. The van der Waals surface area contributed by atoms with E-state index in [0.29, 0.717) is 28.5 Å².